The van der Waals surface area contributed by atoms with E-state index < -0.39 is 11.2 Å². The summed E-state index contributed by atoms with van der Waals surface area (Å²) in [7, 11) is 0. The number of piperazine rings is 1. The fourth-order valence-corrected chi connectivity index (χ4v) is 6.45. The van der Waals surface area contributed by atoms with E-state index in [1.807, 2.05) is 64.1 Å². The summed E-state index contributed by atoms with van der Waals surface area (Å²) in [4.78, 5) is 37.8. The molecule has 0 radical (unpaired) electrons. The Morgan fingerprint density at radius 3 is 2.40 bits per heavy atom. The second kappa shape index (κ2) is 10.1. The Hall–Kier alpha value is -4.96. The lowest BCUT2D eigenvalue weighted by Crippen LogP contribution is -2.47. The average molecular weight is 578 g/mol. The number of anilines is 2. The largest absolute Gasteiger partial charge is 0.451 e. The third-order valence-electron chi connectivity index (χ3n) is 8.59. The standard InChI is InChI=1S/C33H28FN5O4/c34-25-19-23-29-32(30(25)37-13-11-36(12-14-37)27-7-3-4-10-35-27)43-26-9-8-21-5-1-2-6-22(21)28(26)39(29)20-24(31(23)40)33(41)38-15-17-42-18-16-38/h1-10,19-20H,11-18H2. The average Bonchev–Trinajstić information content (AvgIpc) is 3.06. The molecule has 0 saturated carbocycles. The quantitative estimate of drug-likeness (QED) is 0.305. The number of ether oxygens (including phenoxy) is 2. The van der Waals surface area contributed by atoms with Crippen molar-refractivity contribution in [2.24, 2.45) is 0 Å². The summed E-state index contributed by atoms with van der Waals surface area (Å²) >= 11 is 0. The van der Waals surface area contributed by atoms with Gasteiger partial charge in [-0.05, 0) is 29.7 Å². The van der Waals surface area contributed by atoms with Crippen LogP contribution in [0.4, 0.5) is 15.9 Å². The zero-order valence-corrected chi connectivity index (χ0v) is 23.3. The van der Waals surface area contributed by atoms with Gasteiger partial charge in [0.15, 0.2) is 17.3 Å². The number of morpholine rings is 1. The third kappa shape index (κ3) is 4.12. The number of fused-ring (bicyclic) bond motifs is 4. The van der Waals surface area contributed by atoms with E-state index in [0.29, 0.717) is 75.1 Å². The summed E-state index contributed by atoms with van der Waals surface area (Å²) in [6.45, 7) is 3.97. The number of aromatic nitrogens is 2. The molecule has 0 atom stereocenters. The molecule has 8 rings (SSSR count). The van der Waals surface area contributed by atoms with Gasteiger partial charge in [0.25, 0.3) is 5.91 Å². The lowest BCUT2D eigenvalue weighted by atomic mass is 10.0. The molecule has 5 heterocycles. The van der Waals surface area contributed by atoms with Gasteiger partial charge in [-0.1, -0.05) is 36.4 Å². The van der Waals surface area contributed by atoms with E-state index in [-0.39, 0.29) is 22.6 Å². The predicted molar refractivity (Wildman–Crippen MR) is 162 cm³/mol. The number of carbonyl (C=O) groups excluding carboxylic acids is 1. The lowest BCUT2D eigenvalue weighted by Gasteiger charge is -2.38. The summed E-state index contributed by atoms with van der Waals surface area (Å²) in [5.74, 6) is 0.749. The number of nitrogens with zero attached hydrogens (tertiary/aromatic N) is 5. The second-order valence-corrected chi connectivity index (χ2v) is 11.0. The molecule has 0 aliphatic carbocycles. The van der Waals surface area contributed by atoms with Crippen molar-refractivity contribution in [1.29, 1.82) is 0 Å². The maximum absolute atomic E-state index is 16.2. The Bertz CT molecular complexity index is 1960. The number of hydrogen-bond donors (Lipinski definition) is 0. The Morgan fingerprint density at radius 2 is 1.60 bits per heavy atom. The van der Waals surface area contributed by atoms with Crippen molar-refractivity contribution in [2.45, 2.75) is 0 Å². The SMILES string of the molecule is O=C(c1cn2c3c(c(N4CCN(c5ccccn5)CC4)c(F)cc3c1=O)Oc1ccc3ccccc3c1-2)N1CCOCC1. The van der Waals surface area contributed by atoms with Crippen LogP contribution in [0.2, 0.25) is 0 Å². The Kier molecular flexibility index (Phi) is 6.04. The number of amides is 1. The molecule has 2 aromatic heterocycles. The van der Waals surface area contributed by atoms with E-state index >= 15 is 4.39 Å². The van der Waals surface area contributed by atoms with Gasteiger partial charge in [0.1, 0.15) is 22.6 Å². The first-order valence-electron chi connectivity index (χ1n) is 14.5. The molecular weight excluding hydrogens is 549 g/mol. The minimum atomic E-state index is -0.558. The van der Waals surface area contributed by atoms with Crippen LogP contribution in [0.15, 0.2) is 77.9 Å². The zero-order chi connectivity index (χ0) is 29.1. The van der Waals surface area contributed by atoms with Gasteiger partial charge in [0.05, 0.1) is 24.3 Å². The van der Waals surface area contributed by atoms with Gasteiger partial charge in [-0.2, -0.15) is 0 Å². The third-order valence-corrected chi connectivity index (χ3v) is 8.59. The first kappa shape index (κ1) is 25.7. The molecular formula is C33H28FN5O4. The molecule has 3 aromatic carbocycles. The van der Waals surface area contributed by atoms with Crippen molar-refractivity contribution in [1.82, 2.24) is 14.5 Å². The van der Waals surface area contributed by atoms with Crippen LogP contribution in [0.5, 0.6) is 11.5 Å². The highest BCUT2D eigenvalue weighted by Crippen LogP contribution is 2.48. The second-order valence-electron chi connectivity index (χ2n) is 11.0. The predicted octanol–water partition coefficient (Wildman–Crippen LogP) is 4.58. The molecule has 9 nitrogen and oxygen atoms in total. The van der Waals surface area contributed by atoms with E-state index in [1.165, 1.54) is 6.07 Å². The first-order chi connectivity index (χ1) is 21.1. The van der Waals surface area contributed by atoms with Crippen molar-refractivity contribution in [3.8, 4) is 17.2 Å². The molecule has 0 bridgehead atoms. The van der Waals surface area contributed by atoms with Crippen molar-refractivity contribution in [3.63, 3.8) is 0 Å². The van der Waals surface area contributed by atoms with Crippen molar-refractivity contribution >= 4 is 39.1 Å². The van der Waals surface area contributed by atoms with Gasteiger partial charge in [-0.25, -0.2) is 9.37 Å². The molecule has 5 aromatic rings. The number of carbonyl (C=O) groups is 1. The highest BCUT2D eigenvalue weighted by atomic mass is 19.1. The zero-order valence-electron chi connectivity index (χ0n) is 23.3. The topological polar surface area (TPSA) is 80.1 Å². The van der Waals surface area contributed by atoms with Crippen LogP contribution in [-0.4, -0.2) is 72.8 Å². The fourth-order valence-electron chi connectivity index (χ4n) is 6.45. The highest BCUT2D eigenvalue weighted by Gasteiger charge is 2.33. The normalized spacial score (nSPS) is 16.3. The summed E-state index contributed by atoms with van der Waals surface area (Å²) < 4.78 is 30.0. The van der Waals surface area contributed by atoms with E-state index in [9.17, 15) is 9.59 Å². The molecule has 3 aliphatic rings. The van der Waals surface area contributed by atoms with E-state index in [0.717, 1.165) is 16.6 Å². The molecule has 0 spiro atoms. The smallest absolute Gasteiger partial charge is 0.259 e. The molecule has 1 amide bonds. The number of rotatable bonds is 3. The Morgan fingerprint density at radius 1 is 0.837 bits per heavy atom. The highest BCUT2D eigenvalue weighted by molar-refractivity contribution is 6.04. The van der Waals surface area contributed by atoms with Crippen LogP contribution < -0.4 is 20.0 Å². The molecule has 216 valence electrons. The summed E-state index contributed by atoms with van der Waals surface area (Å²) in [5, 5.41) is 1.99. The van der Waals surface area contributed by atoms with Gasteiger partial charge in [0.2, 0.25) is 5.43 Å². The van der Waals surface area contributed by atoms with Gasteiger partial charge < -0.3 is 28.7 Å². The van der Waals surface area contributed by atoms with Crippen LogP contribution in [0.1, 0.15) is 10.4 Å². The number of pyridine rings is 2. The van der Waals surface area contributed by atoms with Gasteiger partial charge in [0, 0.05) is 57.0 Å². The molecule has 3 aliphatic heterocycles. The maximum Gasteiger partial charge on any atom is 0.259 e. The molecule has 10 heteroatoms. The van der Waals surface area contributed by atoms with Crippen LogP contribution in [0.25, 0.3) is 27.4 Å². The van der Waals surface area contributed by atoms with Gasteiger partial charge in [-0.15, -0.1) is 0 Å². The van der Waals surface area contributed by atoms with Crippen LogP contribution in [0.3, 0.4) is 0 Å². The fraction of sp³-hybridized carbons (Fsp3) is 0.242. The molecule has 0 unspecified atom stereocenters. The summed E-state index contributed by atoms with van der Waals surface area (Å²) in [6.07, 6.45) is 3.38. The number of hydrogen-bond acceptors (Lipinski definition) is 7. The lowest BCUT2D eigenvalue weighted by molar-refractivity contribution is 0.0302. The van der Waals surface area contributed by atoms with Crippen LogP contribution in [0, 0.1) is 5.82 Å². The van der Waals surface area contributed by atoms with Gasteiger partial charge >= 0.3 is 0 Å². The van der Waals surface area contributed by atoms with E-state index in [4.69, 9.17) is 9.47 Å². The van der Waals surface area contributed by atoms with Gasteiger partial charge in [-0.3, -0.25) is 9.59 Å². The monoisotopic (exact) mass is 577 g/mol. The minimum Gasteiger partial charge on any atom is -0.451 e. The van der Waals surface area contributed by atoms with Crippen molar-refractivity contribution in [3.05, 3.63) is 94.7 Å². The van der Waals surface area contributed by atoms with E-state index in [1.54, 1.807) is 17.3 Å². The Labute approximate surface area is 246 Å². The Balaban J connectivity index is 1.31. The molecule has 43 heavy (non-hydrogen) atoms. The number of benzene rings is 3. The minimum absolute atomic E-state index is 0.00254. The van der Waals surface area contributed by atoms with E-state index in [2.05, 4.69) is 9.88 Å². The van der Waals surface area contributed by atoms with Crippen LogP contribution >= 0.6 is 0 Å². The molecule has 0 N–H and O–H groups in total. The first-order valence-corrected chi connectivity index (χ1v) is 14.5. The molecule has 2 fully saturated rings. The van der Waals surface area contributed by atoms with Crippen LogP contribution in [-0.2, 0) is 4.74 Å². The van der Waals surface area contributed by atoms with Crippen molar-refractivity contribution < 1.29 is 18.7 Å². The summed E-state index contributed by atoms with van der Waals surface area (Å²) in [6, 6.07) is 18.8. The molecule has 2 saturated heterocycles. The van der Waals surface area contributed by atoms with Crippen molar-refractivity contribution in [2.75, 3.05) is 62.3 Å². The number of halogens is 1. The maximum atomic E-state index is 16.2. The summed E-state index contributed by atoms with van der Waals surface area (Å²) in [5.41, 5.74) is 0.964.